The Labute approximate surface area is 156 Å². The SMILES string of the molecule is CC(C)Cn1c(/C=C/c2cnn(C)c2)c([N+](=O)[O-])c(=O)n(CC(C)C)c1=O. The van der Waals surface area contributed by atoms with Gasteiger partial charge in [0, 0.05) is 31.9 Å². The molecular weight excluding hydrogens is 350 g/mol. The molecule has 2 rings (SSSR count). The molecule has 0 atom stereocenters. The topological polar surface area (TPSA) is 105 Å². The zero-order valence-electron chi connectivity index (χ0n) is 16.2. The van der Waals surface area contributed by atoms with Crippen molar-refractivity contribution in [3.8, 4) is 0 Å². The molecule has 27 heavy (non-hydrogen) atoms. The van der Waals surface area contributed by atoms with E-state index in [0.717, 1.165) is 4.57 Å². The van der Waals surface area contributed by atoms with Crippen LogP contribution in [-0.2, 0) is 20.1 Å². The molecule has 0 unspecified atom stereocenters. The summed E-state index contributed by atoms with van der Waals surface area (Å²) in [5.74, 6) is 0.0668. The lowest BCUT2D eigenvalue weighted by Gasteiger charge is -2.16. The van der Waals surface area contributed by atoms with Gasteiger partial charge in [0.2, 0.25) is 0 Å². The lowest BCUT2D eigenvalue weighted by Crippen LogP contribution is -2.43. The van der Waals surface area contributed by atoms with Gasteiger partial charge in [-0.1, -0.05) is 27.7 Å². The molecule has 2 aromatic heterocycles. The van der Waals surface area contributed by atoms with Crippen molar-refractivity contribution in [1.82, 2.24) is 18.9 Å². The average molecular weight is 375 g/mol. The Kier molecular flexibility index (Phi) is 6.14. The summed E-state index contributed by atoms with van der Waals surface area (Å²) in [5, 5.41) is 15.7. The molecule has 0 aromatic carbocycles. The number of nitrogens with zero attached hydrogens (tertiary/aromatic N) is 5. The molecular formula is C18H25N5O4. The smallest absolute Gasteiger partial charge is 0.287 e. The molecule has 0 radical (unpaired) electrons. The van der Waals surface area contributed by atoms with E-state index in [1.54, 1.807) is 30.2 Å². The van der Waals surface area contributed by atoms with Crippen LogP contribution in [0.2, 0.25) is 0 Å². The van der Waals surface area contributed by atoms with E-state index in [1.165, 1.54) is 10.6 Å². The van der Waals surface area contributed by atoms with E-state index >= 15 is 0 Å². The third kappa shape index (κ3) is 4.60. The number of hydrogen-bond donors (Lipinski definition) is 0. The summed E-state index contributed by atoms with van der Waals surface area (Å²) in [5.41, 5.74) is -1.27. The number of hydrogen-bond acceptors (Lipinski definition) is 5. The Balaban J connectivity index is 2.78. The Hall–Kier alpha value is -2.97. The molecule has 0 fully saturated rings. The third-order valence-corrected chi connectivity index (χ3v) is 3.88. The highest BCUT2D eigenvalue weighted by molar-refractivity contribution is 5.71. The van der Waals surface area contributed by atoms with Gasteiger partial charge in [-0.15, -0.1) is 0 Å². The van der Waals surface area contributed by atoms with E-state index in [9.17, 15) is 19.7 Å². The maximum absolute atomic E-state index is 12.9. The van der Waals surface area contributed by atoms with Crippen LogP contribution in [-0.4, -0.2) is 23.8 Å². The van der Waals surface area contributed by atoms with Crippen molar-refractivity contribution in [2.45, 2.75) is 40.8 Å². The van der Waals surface area contributed by atoms with Gasteiger partial charge in [0.15, 0.2) is 0 Å². The minimum absolute atomic E-state index is 0.000658. The van der Waals surface area contributed by atoms with Crippen LogP contribution in [0, 0.1) is 22.0 Å². The van der Waals surface area contributed by atoms with Gasteiger partial charge in [-0.05, 0) is 24.0 Å². The predicted molar refractivity (Wildman–Crippen MR) is 103 cm³/mol. The largest absolute Gasteiger partial charge is 0.357 e. The zero-order chi connectivity index (χ0) is 20.3. The van der Waals surface area contributed by atoms with E-state index in [0.29, 0.717) is 5.56 Å². The van der Waals surface area contributed by atoms with Crippen LogP contribution in [0.15, 0.2) is 22.0 Å². The van der Waals surface area contributed by atoms with Crippen molar-refractivity contribution in [2.75, 3.05) is 0 Å². The fraction of sp³-hybridized carbons (Fsp3) is 0.500. The van der Waals surface area contributed by atoms with Crippen LogP contribution in [0.25, 0.3) is 12.2 Å². The highest BCUT2D eigenvalue weighted by Crippen LogP contribution is 2.17. The molecule has 146 valence electrons. The van der Waals surface area contributed by atoms with E-state index in [2.05, 4.69) is 5.10 Å². The molecule has 0 saturated heterocycles. The van der Waals surface area contributed by atoms with E-state index in [1.807, 2.05) is 27.7 Å². The van der Waals surface area contributed by atoms with Crippen molar-refractivity contribution in [3.05, 3.63) is 54.6 Å². The molecule has 9 nitrogen and oxygen atoms in total. The second-order valence-electron chi connectivity index (χ2n) is 7.37. The first-order chi connectivity index (χ1) is 12.6. The summed E-state index contributed by atoms with van der Waals surface area (Å²) in [6, 6.07) is 0. The molecule has 0 aliphatic rings. The summed E-state index contributed by atoms with van der Waals surface area (Å²) in [6.07, 6.45) is 6.37. The van der Waals surface area contributed by atoms with Crippen LogP contribution in [0.4, 0.5) is 5.69 Å². The Morgan fingerprint density at radius 3 is 2.19 bits per heavy atom. The van der Waals surface area contributed by atoms with Crippen LogP contribution in [0.1, 0.15) is 39.0 Å². The van der Waals surface area contributed by atoms with Crippen LogP contribution in [0.5, 0.6) is 0 Å². The Morgan fingerprint density at radius 2 is 1.70 bits per heavy atom. The monoisotopic (exact) mass is 375 g/mol. The molecule has 9 heteroatoms. The number of nitro groups is 1. The maximum atomic E-state index is 12.9. The van der Waals surface area contributed by atoms with Crippen molar-refractivity contribution in [2.24, 2.45) is 18.9 Å². The van der Waals surface area contributed by atoms with Crippen LogP contribution >= 0.6 is 0 Å². The van der Waals surface area contributed by atoms with Crippen molar-refractivity contribution in [1.29, 1.82) is 0 Å². The summed E-state index contributed by atoms with van der Waals surface area (Å²) in [7, 11) is 1.75. The minimum atomic E-state index is -0.871. The van der Waals surface area contributed by atoms with Gasteiger partial charge in [-0.25, -0.2) is 4.79 Å². The van der Waals surface area contributed by atoms with Gasteiger partial charge in [-0.3, -0.25) is 28.7 Å². The fourth-order valence-electron chi connectivity index (χ4n) is 2.81. The molecule has 0 bridgehead atoms. The predicted octanol–water partition coefficient (Wildman–Crippen LogP) is 2.13. The first-order valence-corrected chi connectivity index (χ1v) is 8.80. The first-order valence-electron chi connectivity index (χ1n) is 8.80. The second-order valence-corrected chi connectivity index (χ2v) is 7.37. The van der Waals surface area contributed by atoms with E-state index < -0.39 is 21.9 Å². The molecule has 2 heterocycles. The molecule has 0 N–H and O–H groups in total. The average Bonchev–Trinajstić information content (AvgIpc) is 2.97. The van der Waals surface area contributed by atoms with Gasteiger partial charge in [0.25, 0.3) is 0 Å². The summed E-state index contributed by atoms with van der Waals surface area (Å²) < 4.78 is 3.88. The van der Waals surface area contributed by atoms with Crippen LogP contribution < -0.4 is 11.2 Å². The lowest BCUT2D eigenvalue weighted by molar-refractivity contribution is -0.387. The summed E-state index contributed by atoms with van der Waals surface area (Å²) in [4.78, 5) is 36.6. The van der Waals surface area contributed by atoms with E-state index in [4.69, 9.17) is 0 Å². The van der Waals surface area contributed by atoms with Gasteiger partial charge in [-0.2, -0.15) is 5.10 Å². The van der Waals surface area contributed by atoms with Crippen molar-refractivity contribution >= 4 is 17.8 Å². The lowest BCUT2D eigenvalue weighted by atomic mass is 10.2. The van der Waals surface area contributed by atoms with Gasteiger partial charge >= 0.3 is 16.9 Å². The van der Waals surface area contributed by atoms with Gasteiger partial charge < -0.3 is 0 Å². The minimum Gasteiger partial charge on any atom is -0.287 e. The third-order valence-electron chi connectivity index (χ3n) is 3.88. The molecule has 0 aliphatic heterocycles. The summed E-state index contributed by atoms with van der Waals surface area (Å²) >= 11 is 0. The number of aryl methyl sites for hydroxylation is 1. The standard InChI is InChI=1S/C18H25N5O4/c1-12(2)9-21-15(7-6-14-8-19-20(5)11-14)16(23(26)27)17(24)22(18(21)25)10-13(3)4/h6-8,11-13H,9-10H2,1-5H3/b7-6+. The second kappa shape index (κ2) is 8.15. The quantitative estimate of drug-likeness (QED) is 0.544. The summed E-state index contributed by atoms with van der Waals surface area (Å²) in [6.45, 7) is 7.91. The molecule has 0 saturated carbocycles. The number of aromatic nitrogens is 4. The van der Waals surface area contributed by atoms with Gasteiger partial charge in [0.05, 0.1) is 11.1 Å². The van der Waals surface area contributed by atoms with E-state index in [-0.39, 0.29) is 30.6 Å². The first kappa shape index (κ1) is 20.3. The Morgan fingerprint density at radius 1 is 1.11 bits per heavy atom. The maximum Gasteiger partial charge on any atom is 0.357 e. The molecule has 0 aliphatic carbocycles. The normalized spacial score (nSPS) is 11.8. The van der Waals surface area contributed by atoms with Gasteiger partial charge in [0.1, 0.15) is 5.69 Å². The highest BCUT2D eigenvalue weighted by Gasteiger charge is 2.27. The van der Waals surface area contributed by atoms with Crippen LogP contribution in [0.3, 0.4) is 0 Å². The molecule has 2 aromatic rings. The zero-order valence-corrected chi connectivity index (χ0v) is 16.2. The van der Waals surface area contributed by atoms with Crippen molar-refractivity contribution in [3.63, 3.8) is 0 Å². The molecule has 0 spiro atoms. The van der Waals surface area contributed by atoms with Crippen molar-refractivity contribution < 1.29 is 4.92 Å². The number of rotatable bonds is 7. The molecule has 0 amide bonds. The Bertz CT molecular complexity index is 979. The highest BCUT2D eigenvalue weighted by atomic mass is 16.6. The fourth-order valence-corrected chi connectivity index (χ4v) is 2.81.